The molecule has 1 aromatic rings. The minimum absolute atomic E-state index is 0.104. The maximum absolute atomic E-state index is 12.4. The Bertz CT molecular complexity index is 592. The first kappa shape index (κ1) is 17.0. The van der Waals surface area contributed by atoms with Crippen LogP contribution in [-0.4, -0.2) is 35.0 Å². The quantitative estimate of drug-likeness (QED) is 0.863. The molecule has 1 aliphatic heterocycles. The van der Waals surface area contributed by atoms with E-state index in [0.29, 0.717) is 6.54 Å². The fourth-order valence-corrected chi connectivity index (χ4v) is 2.35. The van der Waals surface area contributed by atoms with Gasteiger partial charge < -0.3 is 9.64 Å². The number of imide groups is 1. The lowest BCUT2D eigenvalue weighted by atomic mass is 10.1. The molecular formula is C17H22N2O4. The van der Waals surface area contributed by atoms with Crippen LogP contribution in [0.3, 0.4) is 0 Å². The summed E-state index contributed by atoms with van der Waals surface area (Å²) in [6.07, 6.45) is -0.388. The van der Waals surface area contributed by atoms with Crippen molar-refractivity contribution in [1.82, 2.24) is 10.2 Å². The molecule has 3 amide bonds. The Hall–Kier alpha value is -2.37. The van der Waals surface area contributed by atoms with Gasteiger partial charge in [-0.1, -0.05) is 30.3 Å². The van der Waals surface area contributed by atoms with E-state index in [0.717, 1.165) is 5.56 Å². The van der Waals surface area contributed by atoms with Gasteiger partial charge >= 0.3 is 6.09 Å². The van der Waals surface area contributed by atoms with E-state index in [1.807, 2.05) is 30.3 Å². The third-order valence-corrected chi connectivity index (χ3v) is 3.37. The molecule has 124 valence electrons. The normalized spacial score (nSPS) is 17.8. The Morgan fingerprint density at radius 3 is 2.43 bits per heavy atom. The Kier molecular flexibility index (Phi) is 5.03. The van der Waals surface area contributed by atoms with Gasteiger partial charge in [-0.25, -0.2) is 4.79 Å². The average molecular weight is 318 g/mol. The van der Waals surface area contributed by atoms with Crippen molar-refractivity contribution in [2.45, 2.75) is 39.3 Å². The lowest BCUT2D eigenvalue weighted by Gasteiger charge is -2.28. The van der Waals surface area contributed by atoms with Gasteiger partial charge in [0.1, 0.15) is 5.60 Å². The van der Waals surface area contributed by atoms with Crippen molar-refractivity contribution in [2.24, 2.45) is 5.92 Å². The number of benzene rings is 1. The Morgan fingerprint density at radius 1 is 1.26 bits per heavy atom. The van der Waals surface area contributed by atoms with Crippen molar-refractivity contribution < 1.29 is 19.1 Å². The van der Waals surface area contributed by atoms with Gasteiger partial charge in [0.05, 0.1) is 5.92 Å². The van der Waals surface area contributed by atoms with Crippen molar-refractivity contribution >= 4 is 17.9 Å². The molecule has 1 N–H and O–H groups in total. The molecule has 1 atom stereocenters. The summed E-state index contributed by atoms with van der Waals surface area (Å²) in [7, 11) is 0. The summed E-state index contributed by atoms with van der Waals surface area (Å²) in [5, 5.41) is 2.27. The SMILES string of the molecule is CC(C)(C)OC(=O)N(Cc1ccccc1)CC1CC(=O)NC1=O. The maximum Gasteiger partial charge on any atom is 0.410 e. The van der Waals surface area contributed by atoms with Gasteiger partial charge in [-0.05, 0) is 26.3 Å². The fourth-order valence-electron chi connectivity index (χ4n) is 2.35. The van der Waals surface area contributed by atoms with Crippen LogP contribution in [0.15, 0.2) is 30.3 Å². The summed E-state index contributed by atoms with van der Waals surface area (Å²) in [4.78, 5) is 37.0. The van der Waals surface area contributed by atoms with Gasteiger partial charge in [-0.2, -0.15) is 0 Å². The summed E-state index contributed by atoms with van der Waals surface area (Å²) >= 11 is 0. The van der Waals surface area contributed by atoms with Crippen LogP contribution in [0.4, 0.5) is 4.79 Å². The second kappa shape index (κ2) is 6.81. The largest absolute Gasteiger partial charge is 0.444 e. The molecule has 0 spiro atoms. The van der Waals surface area contributed by atoms with Crippen LogP contribution in [0.2, 0.25) is 0 Å². The van der Waals surface area contributed by atoms with Crippen LogP contribution in [0.5, 0.6) is 0 Å². The smallest absolute Gasteiger partial charge is 0.410 e. The maximum atomic E-state index is 12.4. The predicted octanol–water partition coefficient (Wildman–Crippen LogP) is 2.09. The standard InChI is InChI=1S/C17H22N2O4/c1-17(2,3)23-16(22)19(10-12-7-5-4-6-8-12)11-13-9-14(20)18-15(13)21/h4-8,13H,9-11H2,1-3H3,(H,18,20,21). The fraction of sp³-hybridized carbons (Fsp3) is 0.471. The van der Waals surface area contributed by atoms with Crippen LogP contribution in [0.25, 0.3) is 0 Å². The molecule has 1 saturated heterocycles. The first-order chi connectivity index (χ1) is 10.7. The molecule has 1 heterocycles. The summed E-state index contributed by atoms with van der Waals surface area (Å²) < 4.78 is 5.41. The molecule has 0 aliphatic carbocycles. The third kappa shape index (κ3) is 5.09. The first-order valence-corrected chi connectivity index (χ1v) is 7.60. The molecule has 1 unspecified atom stereocenters. The average Bonchev–Trinajstić information content (AvgIpc) is 2.75. The van der Waals surface area contributed by atoms with E-state index in [2.05, 4.69) is 5.32 Å². The van der Waals surface area contributed by atoms with Gasteiger partial charge in [-0.3, -0.25) is 14.9 Å². The van der Waals surface area contributed by atoms with Gasteiger partial charge in [0.2, 0.25) is 11.8 Å². The van der Waals surface area contributed by atoms with E-state index in [4.69, 9.17) is 4.74 Å². The molecule has 1 aromatic carbocycles. The number of hydrogen-bond acceptors (Lipinski definition) is 4. The first-order valence-electron chi connectivity index (χ1n) is 7.60. The van der Waals surface area contributed by atoms with Gasteiger partial charge in [0, 0.05) is 19.5 Å². The Balaban J connectivity index is 2.12. The van der Waals surface area contributed by atoms with Crippen LogP contribution in [0.1, 0.15) is 32.8 Å². The van der Waals surface area contributed by atoms with Crippen molar-refractivity contribution in [3.05, 3.63) is 35.9 Å². The van der Waals surface area contributed by atoms with Gasteiger partial charge in [0.25, 0.3) is 0 Å². The van der Waals surface area contributed by atoms with E-state index in [1.54, 1.807) is 20.8 Å². The molecule has 6 heteroatoms. The van der Waals surface area contributed by atoms with E-state index < -0.39 is 17.6 Å². The molecule has 6 nitrogen and oxygen atoms in total. The van der Waals surface area contributed by atoms with E-state index in [1.165, 1.54) is 4.90 Å². The Morgan fingerprint density at radius 2 is 1.91 bits per heavy atom. The number of nitrogens with one attached hydrogen (secondary N) is 1. The zero-order valence-corrected chi connectivity index (χ0v) is 13.7. The number of amides is 3. The summed E-state index contributed by atoms with van der Waals surface area (Å²) in [5.74, 6) is -1.17. The molecule has 0 radical (unpaired) electrons. The molecular weight excluding hydrogens is 296 g/mol. The number of nitrogens with zero attached hydrogens (tertiary/aromatic N) is 1. The van der Waals surface area contributed by atoms with Gasteiger partial charge in [-0.15, -0.1) is 0 Å². The van der Waals surface area contributed by atoms with E-state index in [-0.39, 0.29) is 24.8 Å². The van der Waals surface area contributed by atoms with Crippen molar-refractivity contribution in [3.63, 3.8) is 0 Å². The highest BCUT2D eigenvalue weighted by atomic mass is 16.6. The lowest BCUT2D eigenvalue weighted by molar-refractivity contribution is -0.125. The van der Waals surface area contributed by atoms with E-state index in [9.17, 15) is 14.4 Å². The van der Waals surface area contributed by atoms with Crippen molar-refractivity contribution in [3.8, 4) is 0 Å². The van der Waals surface area contributed by atoms with Crippen LogP contribution in [-0.2, 0) is 20.9 Å². The van der Waals surface area contributed by atoms with Crippen LogP contribution < -0.4 is 5.32 Å². The minimum Gasteiger partial charge on any atom is -0.444 e. The number of carbonyl (C=O) groups is 3. The summed E-state index contributed by atoms with van der Waals surface area (Å²) in [6, 6.07) is 9.46. The zero-order valence-electron chi connectivity index (χ0n) is 13.7. The second-order valence-corrected chi connectivity index (χ2v) is 6.66. The number of carbonyl (C=O) groups excluding carboxylic acids is 3. The molecule has 2 rings (SSSR count). The topological polar surface area (TPSA) is 75.7 Å². The molecule has 23 heavy (non-hydrogen) atoms. The Labute approximate surface area is 135 Å². The molecule has 0 saturated carbocycles. The zero-order chi connectivity index (χ0) is 17.0. The monoisotopic (exact) mass is 318 g/mol. The van der Waals surface area contributed by atoms with Crippen LogP contribution in [0, 0.1) is 5.92 Å². The number of hydrogen-bond donors (Lipinski definition) is 1. The second-order valence-electron chi connectivity index (χ2n) is 6.66. The minimum atomic E-state index is -0.625. The molecule has 0 aromatic heterocycles. The summed E-state index contributed by atoms with van der Waals surface area (Å²) in [5.41, 5.74) is 0.308. The van der Waals surface area contributed by atoms with Crippen molar-refractivity contribution in [1.29, 1.82) is 0 Å². The highest BCUT2D eigenvalue weighted by molar-refractivity contribution is 6.03. The molecule has 0 bridgehead atoms. The highest BCUT2D eigenvalue weighted by Gasteiger charge is 2.34. The van der Waals surface area contributed by atoms with Crippen LogP contribution >= 0.6 is 0 Å². The van der Waals surface area contributed by atoms with Crippen molar-refractivity contribution in [2.75, 3.05) is 6.54 Å². The predicted molar refractivity (Wildman–Crippen MR) is 84.3 cm³/mol. The molecule has 1 fully saturated rings. The highest BCUT2D eigenvalue weighted by Crippen LogP contribution is 2.18. The van der Waals surface area contributed by atoms with Gasteiger partial charge in [0.15, 0.2) is 0 Å². The molecule has 1 aliphatic rings. The lowest BCUT2D eigenvalue weighted by Crippen LogP contribution is -2.40. The number of ether oxygens (including phenoxy) is 1. The summed E-state index contributed by atoms with van der Waals surface area (Å²) in [6.45, 7) is 5.85. The van der Waals surface area contributed by atoms with E-state index >= 15 is 0 Å². The number of rotatable bonds is 4. The third-order valence-electron chi connectivity index (χ3n) is 3.37.